The van der Waals surface area contributed by atoms with E-state index in [0.717, 1.165) is 28.7 Å². The number of carbonyl (C=O) groups is 2. The minimum absolute atomic E-state index is 0.0587. The van der Waals surface area contributed by atoms with Crippen molar-refractivity contribution in [3.63, 3.8) is 0 Å². The summed E-state index contributed by atoms with van der Waals surface area (Å²) >= 11 is 0. The normalized spacial score (nSPS) is 14.3. The predicted octanol–water partition coefficient (Wildman–Crippen LogP) is 1.87. The summed E-state index contributed by atoms with van der Waals surface area (Å²) in [6.45, 7) is 0.196. The van der Waals surface area contributed by atoms with E-state index in [1.165, 1.54) is 12.4 Å². The number of phenols is 1. The van der Waals surface area contributed by atoms with Crippen molar-refractivity contribution in [2.75, 3.05) is 0 Å². The number of aromatic amines is 1. The van der Waals surface area contributed by atoms with Crippen molar-refractivity contribution >= 4 is 11.8 Å². The maximum absolute atomic E-state index is 12.9. The van der Waals surface area contributed by atoms with E-state index in [4.69, 9.17) is 0 Å². The van der Waals surface area contributed by atoms with E-state index in [1.54, 1.807) is 30.3 Å². The van der Waals surface area contributed by atoms with Gasteiger partial charge in [-0.2, -0.15) is 0 Å². The molecule has 2 heterocycles. The smallest absolute Gasteiger partial charge is 0.439 e. The van der Waals surface area contributed by atoms with Crippen molar-refractivity contribution in [1.29, 1.82) is 0 Å². The standard InChI is InChI=1S/C24H20N6O5/c31-16-3-1-2-13(8-16)11-25-22(32)19-10-20(27-12-26-19)23(33)28-18-7-5-14-9-15(4-6-17(14)18)21-29-24(34)35-30-21/h1-4,6,8-10,12,18,31H,5,7,11H2,(H,25,32)(H,28,33)(H,29,30,34)/t18-/m0/s1. The number of nitrogens with zero attached hydrogens (tertiary/aromatic N) is 3. The molecule has 0 bridgehead atoms. The highest BCUT2D eigenvalue weighted by Gasteiger charge is 2.26. The fourth-order valence-electron chi connectivity index (χ4n) is 4.05. The van der Waals surface area contributed by atoms with Crippen LogP contribution in [0, 0.1) is 0 Å². The minimum atomic E-state index is -0.622. The van der Waals surface area contributed by atoms with Crippen molar-refractivity contribution in [3.8, 4) is 17.1 Å². The van der Waals surface area contributed by atoms with Crippen LogP contribution in [0.25, 0.3) is 11.4 Å². The number of hydrogen-bond acceptors (Lipinski definition) is 8. The average Bonchev–Trinajstić information content (AvgIpc) is 3.48. The van der Waals surface area contributed by atoms with Crippen LogP contribution in [0.2, 0.25) is 0 Å². The zero-order chi connectivity index (χ0) is 24.4. The summed E-state index contributed by atoms with van der Waals surface area (Å²) in [7, 11) is 0. The maximum atomic E-state index is 12.9. The first kappa shape index (κ1) is 22.0. The number of aryl methyl sites for hydroxylation is 1. The van der Waals surface area contributed by atoms with Crippen molar-refractivity contribution in [3.05, 3.63) is 93.5 Å². The Labute approximate surface area is 198 Å². The molecule has 1 aliphatic carbocycles. The fraction of sp³-hybridized carbons (Fsp3) is 0.167. The van der Waals surface area contributed by atoms with Crippen molar-refractivity contribution in [2.45, 2.75) is 25.4 Å². The maximum Gasteiger partial charge on any atom is 0.439 e. The number of H-pyrrole nitrogens is 1. The largest absolute Gasteiger partial charge is 0.508 e. The molecule has 0 radical (unpaired) electrons. The molecule has 11 nitrogen and oxygen atoms in total. The number of aromatic hydroxyl groups is 1. The van der Waals surface area contributed by atoms with Gasteiger partial charge in [0.1, 0.15) is 23.5 Å². The third-order valence-corrected chi connectivity index (χ3v) is 5.74. The van der Waals surface area contributed by atoms with Gasteiger partial charge in [-0.15, -0.1) is 0 Å². The molecule has 0 saturated carbocycles. The first-order valence-corrected chi connectivity index (χ1v) is 10.8. The molecule has 5 rings (SSSR count). The van der Waals surface area contributed by atoms with Crippen LogP contribution >= 0.6 is 0 Å². The van der Waals surface area contributed by atoms with Gasteiger partial charge in [0.2, 0.25) is 0 Å². The molecule has 1 aliphatic rings. The van der Waals surface area contributed by atoms with Gasteiger partial charge in [-0.3, -0.25) is 19.1 Å². The van der Waals surface area contributed by atoms with Gasteiger partial charge in [-0.05, 0) is 47.7 Å². The topological polar surface area (TPSA) is 163 Å². The van der Waals surface area contributed by atoms with Crippen LogP contribution in [-0.2, 0) is 13.0 Å². The molecule has 0 unspecified atom stereocenters. The van der Waals surface area contributed by atoms with E-state index in [9.17, 15) is 19.5 Å². The highest BCUT2D eigenvalue weighted by Crippen LogP contribution is 2.33. The number of rotatable bonds is 6. The molecule has 11 heteroatoms. The number of amides is 2. The van der Waals surface area contributed by atoms with Gasteiger partial charge in [-0.25, -0.2) is 14.8 Å². The number of aromatic nitrogens is 4. The quantitative estimate of drug-likeness (QED) is 0.330. The SMILES string of the molecule is O=C(NCc1cccc(O)c1)c1cc(C(=O)N[C@H]2CCc3cc(-c4noc(=O)[nH]4)ccc32)ncn1. The lowest BCUT2D eigenvalue weighted by Gasteiger charge is -2.14. The molecule has 0 fully saturated rings. The number of phenolic OH excluding ortho intramolecular Hbond substituents is 1. The first-order chi connectivity index (χ1) is 17.0. The number of benzene rings is 2. The molecule has 2 amide bonds. The molecule has 176 valence electrons. The highest BCUT2D eigenvalue weighted by atomic mass is 16.5. The number of fused-ring (bicyclic) bond motifs is 1. The summed E-state index contributed by atoms with van der Waals surface area (Å²) in [6, 6.07) is 13.3. The molecule has 2 aromatic carbocycles. The van der Waals surface area contributed by atoms with Gasteiger partial charge in [0.05, 0.1) is 6.04 Å². The van der Waals surface area contributed by atoms with Gasteiger partial charge in [-0.1, -0.05) is 29.4 Å². The second kappa shape index (κ2) is 9.21. The van der Waals surface area contributed by atoms with E-state index in [1.807, 2.05) is 12.1 Å². The predicted molar refractivity (Wildman–Crippen MR) is 122 cm³/mol. The second-order valence-corrected chi connectivity index (χ2v) is 8.06. The van der Waals surface area contributed by atoms with Crippen LogP contribution in [0.5, 0.6) is 5.75 Å². The summed E-state index contributed by atoms with van der Waals surface area (Å²) in [6.07, 6.45) is 2.61. The Kier molecular flexibility index (Phi) is 5.80. The van der Waals surface area contributed by atoms with E-state index in [2.05, 4.69) is 35.3 Å². The third kappa shape index (κ3) is 4.78. The summed E-state index contributed by atoms with van der Waals surface area (Å²) in [5.74, 6) is -1.05. The Bertz CT molecular complexity index is 1480. The van der Waals surface area contributed by atoms with Gasteiger partial charge in [0, 0.05) is 18.2 Å². The lowest BCUT2D eigenvalue weighted by Crippen LogP contribution is -2.29. The van der Waals surface area contributed by atoms with Crippen LogP contribution < -0.4 is 16.4 Å². The van der Waals surface area contributed by atoms with Crippen LogP contribution in [0.4, 0.5) is 0 Å². The Morgan fingerprint density at radius 1 is 1.09 bits per heavy atom. The molecule has 0 spiro atoms. The Morgan fingerprint density at radius 2 is 1.91 bits per heavy atom. The number of hydrogen-bond donors (Lipinski definition) is 4. The van der Waals surface area contributed by atoms with Crippen LogP contribution in [0.15, 0.2) is 64.2 Å². The molecule has 35 heavy (non-hydrogen) atoms. The Hall–Kier alpha value is -4.80. The monoisotopic (exact) mass is 472 g/mol. The van der Waals surface area contributed by atoms with Crippen LogP contribution in [0.1, 0.15) is 50.1 Å². The first-order valence-electron chi connectivity index (χ1n) is 10.8. The third-order valence-electron chi connectivity index (χ3n) is 5.74. The zero-order valence-corrected chi connectivity index (χ0v) is 18.3. The molecule has 4 aromatic rings. The van der Waals surface area contributed by atoms with Crippen LogP contribution in [0.3, 0.4) is 0 Å². The molecular weight excluding hydrogens is 452 g/mol. The molecule has 2 aromatic heterocycles. The summed E-state index contributed by atoms with van der Waals surface area (Å²) in [5.41, 5.74) is 3.58. The zero-order valence-electron chi connectivity index (χ0n) is 18.3. The van der Waals surface area contributed by atoms with Gasteiger partial charge in [0.15, 0.2) is 5.82 Å². The van der Waals surface area contributed by atoms with Gasteiger partial charge >= 0.3 is 5.76 Å². The Morgan fingerprint density at radius 3 is 2.69 bits per heavy atom. The summed E-state index contributed by atoms with van der Waals surface area (Å²) < 4.78 is 4.56. The van der Waals surface area contributed by atoms with Gasteiger partial charge < -0.3 is 15.7 Å². The molecular formula is C24H20N6O5. The van der Waals surface area contributed by atoms with Gasteiger partial charge in [0.25, 0.3) is 11.8 Å². The number of carbonyl (C=O) groups excluding carboxylic acids is 2. The highest BCUT2D eigenvalue weighted by molar-refractivity contribution is 5.97. The molecule has 0 aliphatic heterocycles. The minimum Gasteiger partial charge on any atom is -0.508 e. The van der Waals surface area contributed by atoms with E-state index in [-0.39, 0.29) is 29.7 Å². The van der Waals surface area contributed by atoms with Crippen molar-refractivity contribution in [1.82, 2.24) is 30.7 Å². The fourth-order valence-corrected chi connectivity index (χ4v) is 4.05. The average molecular weight is 472 g/mol. The summed E-state index contributed by atoms with van der Waals surface area (Å²) in [4.78, 5) is 47.1. The summed E-state index contributed by atoms with van der Waals surface area (Å²) in [5, 5.41) is 18.9. The molecule has 4 N–H and O–H groups in total. The lowest BCUT2D eigenvalue weighted by atomic mass is 10.0. The van der Waals surface area contributed by atoms with Crippen LogP contribution in [-0.4, -0.2) is 37.0 Å². The van der Waals surface area contributed by atoms with E-state index < -0.39 is 17.6 Å². The molecule has 0 saturated heterocycles. The van der Waals surface area contributed by atoms with E-state index >= 15 is 0 Å². The Balaban J connectivity index is 1.25. The van der Waals surface area contributed by atoms with E-state index in [0.29, 0.717) is 12.2 Å². The second-order valence-electron chi connectivity index (χ2n) is 8.06. The number of nitrogens with one attached hydrogen (secondary N) is 3. The van der Waals surface area contributed by atoms with Crippen molar-refractivity contribution < 1.29 is 19.2 Å². The molecule has 1 atom stereocenters. The lowest BCUT2D eigenvalue weighted by molar-refractivity contribution is 0.0931. The van der Waals surface area contributed by atoms with Crippen molar-refractivity contribution in [2.24, 2.45) is 0 Å².